The molecule has 0 fully saturated rings. The predicted molar refractivity (Wildman–Crippen MR) is 62.1 cm³/mol. The number of aromatic nitrogens is 1. The summed E-state index contributed by atoms with van der Waals surface area (Å²) >= 11 is 5.99. The zero-order valence-corrected chi connectivity index (χ0v) is 10.5. The molecule has 0 amide bonds. The molecule has 0 atom stereocenters. The normalized spacial score (nSPS) is 10.3. The average Bonchev–Trinajstić information content (AvgIpc) is 2.24. The molecule has 88 valence electrons. The molecule has 1 rings (SSSR count). The van der Waals surface area contributed by atoms with Crippen LogP contribution < -0.4 is 5.56 Å². The van der Waals surface area contributed by atoms with Crippen molar-refractivity contribution in [1.82, 2.24) is 4.57 Å². The number of hydrogen-bond donors (Lipinski definition) is 0. The van der Waals surface area contributed by atoms with Crippen LogP contribution >= 0.6 is 11.6 Å². The summed E-state index contributed by atoms with van der Waals surface area (Å²) in [4.78, 5) is 23.3. The maximum absolute atomic E-state index is 11.7. The summed E-state index contributed by atoms with van der Waals surface area (Å²) in [6.45, 7) is 5.25. The molecule has 0 N–H and O–H groups in total. The van der Waals surface area contributed by atoms with Crippen molar-refractivity contribution in [2.45, 2.75) is 20.8 Å². The smallest absolute Gasteiger partial charge is 0.341 e. The zero-order valence-electron chi connectivity index (χ0n) is 9.76. The second-order valence-corrected chi connectivity index (χ2v) is 3.86. The number of nitrogens with zero attached hydrogens (tertiary/aromatic N) is 1. The van der Waals surface area contributed by atoms with E-state index in [4.69, 9.17) is 16.3 Å². The molecule has 16 heavy (non-hydrogen) atoms. The number of carbonyl (C=O) groups is 1. The van der Waals surface area contributed by atoms with Crippen LogP contribution in [-0.2, 0) is 11.8 Å². The maximum Gasteiger partial charge on any atom is 0.341 e. The summed E-state index contributed by atoms with van der Waals surface area (Å²) in [6, 6.07) is 0. The Morgan fingerprint density at radius 2 is 2.00 bits per heavy atom. The predicted octanol–water partition coefficient (Wildman–Crippen LogP) is 1.83. The maximum atomic E-state index is 11.7. The van der Waals surface area contributed by atoms with Gasteiger partial charge < -0.3 is 9.30 Å². The van der Waals surface area contributed by atoms with E-state index in [0.717, 1.165) is 0 Å². The van der Waals surface area contributed by atoms with Crippen molar-refractivity contribution in [1.29, 1.82) is 0 Å². The van der Waals surface area contributed by atoms with Gasteiger partial charge in [0.2, 0.25) is 0 Å². The van der Waals surface area contributed by atoms with Crippen LogP contribution in [0, 0.1) is 13.8 Å². The minimum absolute atomic E-state index is 0.180. The monoisotopic (exact) mass is 243 g/mol. The largest absolute Gasteiger partial charge is 0.462 e. The lowest BCUT2D eigenvalue weighted by atomic mass is 10.1. The lowest BCUT2D eigenvalue weighted by Gasteiger charge is -2.13. The number of halogens is 1. The van der Waals surface area contributed by atoms with Crippen molar-refractivity contribution in [3.05, 3.63) is 32.2 Å². The zero-order chi connectivity index (χ0) is 12.5. The van der Waals surface area contributed by atoms with Crippen LogP contribution in [0.5, 0.6) is 0 Å². The number of carbonyl (C=O) groups excluding carboxylic acids is 1. The highest BCUT2D eigenvalue weighted by Gasteiger charge is 2.20. The van der Waals surface area contributed by atoms with Gasteiger partial charge in [0.1, 0.15) is 0 Å². The molecule has 0 saturated heterocycles. The summed E-state index contributed by atoms with van der Waals surface area (Å²) in [6.07, 6.45) is 0. The van der Waals surface area contributed by atoms with Crippen molar-refractivity contribution in [3.8, 4) is 0 Å². The van der Waals surface area contributed by atoms with Gasteiger partial charge in [-0.15, -0.1) is 0 Å². The number of hydrogen-bond acceptors (Lipinski definition) is 3. The molecule has 0 bridgehead atoms. The fourth-order valence-electron chi connectivity index (χ4n) is 1.45. The van der Waals surface area contributed by atoms with Gasteiger partial charge in [-0.25, -0.2) is 4.79 Å². The molecule has 1 aromatic heterocycles. The van der Waals surface area contributed by atoms with Gasteiger partial charge in [-0.3, -0.25) is 4.79 Å². The molecule has 0 spiro atoms. The first kappa shape index (κ1) is 12.8. The van der Waals surface area contributed by atoms with E-state index < -0.39 is 5.97 Å². The van der Waals surface area contributed by atoms with Gasteiger partial charge >= 0.3 is 5.97 Å². The Morgan fingerprint density at radius 1 is 1.44 bits per heavy atom. The molecule has 0 aromatic carbocycles. The van der Waals surface area contributed by atoms with E-state index in [1.165, 1.54) is 4.57 Å². The second-order valence-electron chi connectivity index (χ2n) is 3.48. The average molecular weight is 244 g/mol. The van der Waals surface area contributed by atoms with Crippen LogP contribution in [0.1, 0.15) is 28.5 Å². The van der Waals surface area contributed by atoms with E-state index in [-0.39, 0.29) is 22.8 Å². The standard InChI is InChI=1S/C11H14ClNO3/c1-5-16-11(15)8-7(3)13(4)10(14)6(2)9(8)12/h5H2,1-4H3. The van der Waals surface area contributed by atoms with Gasteiger partial charge in [0.15, 0.2) is 0 Å². The van der Waals surface area contributed by atoms with Crippen LogP contribution in [0.2, 0.25) is 5.02 Å². The van der Waals surface area contributed by atoms with E-state index in [0.29, 0.717) is 11.3 Å². The van der Waals surface area contributed by atoms with Crippen LogP contribution in [0.3, 0.4) is 0 Å². The molecule has 0 aliphatic heterocycles. The van der Waals surface area contributed by atoms with Gasteiger partial charge in [-0.05, 0) is 20.8 Å². The molecule has 0 aliphatic rings. The summed E-state index contributed by atoms with van der Waals surface area (Å²) in [5.41, 5.74) is 0.940. The van der Waals surface area contributed by atoms with Crippen molar-refractivity contribution in [2.75, 3.05) is 6.61 Å². The first-order chi connectivity index (χ1) is 7.41. The highest BCUT2D eigenvalue weighted by Crippen LogP contribution is 2.21. The Kier molecular flexibility index (Phi) is 3.75. The Hall–Kier alpha value is -1.29. The number of ether oxygens (including phenoxy) is 1. The van der Waals surface area contributed by atoms with Gasteiger partial charge in [-0.1, -0.05) is 11.6 Å². The fraction of sp³-hybridized carbons (Fsp3) is 0.455. The highest BCUT2D eigenvalue weighted by atomic mass is 35.5. The summed E-state index contributed by atoms with van der Waals surface area (Å²) in [5, 5.41) is 0.180. The molecule has 4 nitrogen and oxygen atoms in total. The number of pyridine rings is 1. The van der Waals surface area contributed by atoms with E-state index in [2.05, 4.69) is 0 Å². The molecule has 0 radical (unpaired) electrons. The van der Waals surface area contributed by atoms with E-state index in [1.54, 1.807) is 27.8 Å². The van der Waals surface area contributed by atoms with Gasteiger partial charge in [0.25, 0.3) is 5.56 Å². The Morgan fingerprint density at radius 3 is 2.50 bits per heavy atom. The first-order valence-corrected chi connectivity index (χ1v) is 5.32. The quantitative estimate of drug-likeness (QED) is 0.745. The molecule has 1 heterocycles. The highest BCUT2D eigenvalue weighted by molar-refractivity contribution is 6.34. The summed E-state index contributed by atoms with van der Waals surface area (Å²) < 4.78 is 6.30. The molecule has 0 saturated carbocycles. The topological polar surface area (TPSA) is 48.3 Å². The molecule has 5 heteroatoms. The van der Waals surface area contributed by atoms with Crippen LogP contribution in [-0.4, -0.2) is 17.1 Å². The van der Waals surface area contributed by atoms with Crippen molar-refractivity contribution in [2.24, 2.45) is 7.05 Å². The Labute approximate surface area is 98.8 Å². The lowest BCUT2D eigenvalue weighted by molar-refractivity contribution is 0.0524. The van der Waals surface area contributed by atoms with Crippen molar-refractivity contribution >= 4 is 17.6 Å². The molecular weight excluding hydrogens is 230 g/mol. The summed E-state index contributed by atoms with van der Waals surface area (Å²) in [5.74, 6) is -0.497. The van der Waals surface area contributed by atoms with E-state index in [1.807, 2.05) is 0 Å². The third-order valence-electron chi connectivity index (χ3n) is 2.52. The van der Waals surface area contributed by atoms with Crippen molar-refractivity contribution < 1.29 is 9.53 Å². The SMILES string of the molecule is CCOC(=O)c1c(Cl)c(C)c(=O)n(C)c1C. The minimum atomic E-state index is -0.497. The van der Waals surface area contributed by atoms with Gasteiger partial charge in [0.05, 0.1) is 17.2 Å². The van der Waals surface area contributed by atoms with Crippen LogP contribution in [0.25, 0.3) is 0 Å². The first-order valence-electron chi connectivity index (χ1n) is 4.94. The van der Waals surface area contributed by atoms with E-state index in [9.17, 15) is 9.59 Å². The third-order valence-corrected chi connectivity index (χ3v) is 2.99. The number of esters is 1. The van der Waals surface area contributed by atoms with Gasteiger partial charge in [0, 0.05) is 18.3 Å². The Balaban J connectivity index is 3.52. The lowest BCUT2D eigenvalue weighted by Crippen LogP contribution is -2.25. The third kappa shape index (κ3) is 1.97. The molecule has 0 aliphatic carbocycles. The minimum Gasteiger partial charge on any atom is -0.462 e. The Bertz CT molecular complexity index is 459. The number of rotatable bonds is 2. The van der Waals surface area contributed by atoms with Crippen molar-refractivity contribution in [3.63, 3.8) is 0 Å². The molecule has 1 aromatic rings. The molecular formula is C11H14ClNO3. The fourth-order valence-corrected chi connectivity index (χ4v) is 1.75. The summed E-state index contributed by atoms with van der Waals surface area (Å²) in [7, 11) is 1.60. The second kappa shape index (κ2) is 4.70. The van der Waals surface area contributed by atoms with Crippen LogP contribution in [0.4, 0.5) is 0 Å². The van der Waals surface area contributed by atoms with E-state index >= 15 is 0 Å². The van der Waals surface area contributed by atoms with Crippen LogP contribution in [0.15, 0.2) is 4.79 Å². The molecule has 0 unspecified atom stereocenters. The van der Waals surface area contributed by atoms with Gasteiger partial charge in [-0.2, -0.15) is 0 Å².